The maximum atomic E-state index is 11.7. The molecule has 20 heavy (non-hydrogen) atoms. The molecule has 1 saturated carbocycles. The summed E-state index contributed by atoms with van der Waals surface area (Å²) in [5, 5.41) is 11.7. The molecule has 2 N–H and O–H groups in total. The molecule has 0 spiro atoms. The van der Waals surface area contributed by atoms with E-state index >= 15 is 0 Å². The highest BCUT2D eigenvalue weighted by Crippen LogP contribution is 2.26. The monoisotopic (exact) mass is 285 g/mol. The second-order valence-corrected chi connectivity index (χ2v) is 6.63. The number of aliphatic carboxylic acids is 1. The lowest BCUT2D eigenvalue weighted by Gasteiger charge is -2.24. The Morgan fingerprint density at radius 2 is 1.75 bits per heavy atom. The minimum Gasteiger partial charge on any atom is -0.480 e. The number of amides is 1. The number of hydrogen-bond acceptors (Lipinski definition) is 3. The maximum Gasteiger partial charge on any atom is 0.408 e. The van der Waals surface area contributed by atoms with Gasteiger partial charge in [-0.2, -0.15) is 0 Å². The molecule has 5 heteroatoms. The number of ether oxygens (including phenoxy) is 1. The van der Waals surface area contributed by atoms with E-state index < -0.39 is 23.7 Å². The van der Waals surface area contributed by atoms with Crippen LogP contribution in [-0.2, 0) is 9.53 Å². The van der Waals surface area contributed by atoms with E-state index in [-0.39, 0.29) is 0 Å². The molecule has 1 rings (SSSR count). The number of hydrogen-bond donors (Lipinski definition) is 2. The van der Waals surface area contributed by atoms with Crippen LogP contribution in [0.4, 0.5) is 4.79 Å². The van der Waals surface area contributed by atoms with E-state index in [1.807, 2.05) is 0 Å². The molecule has 116 valence electrons. The smallest absolute Gasteiger partial charge is 0.408 e. The topological polar surface area (TPSA) is 75.6 Å². The number of carboxylic acids is 1. The average molecular weight is 285 g/mol. The first-order valence-corrected chi connectivity index (χ1v) is 7.50. The average Bonchev–Trinajstić information content (AvgIpc) is 2.54. The van der Waals surface area contributed by atoms with Crippen LogP contribution in [-0.4, -0.2) is 28.8 Å². The lowest BCUT2D eigenvalue weighted by molar-refractivity contribution is -0.140. The standard InChI is InChI=1S/C15H27NO4/c1-15(2,3)20-14(19)16-12(13(17)18)10-11-8-6-4-5-7-9-11/h11-12H,4-10H2,1-3H3,(H,16,19)(H,17,18)/t12-/m1/s1. The molecule has 1 amide bonds. The number of rotatable bonds is 4. The van der Waals surface area contributed by atoms with Crippen molar-refractivity contribution in [2.75, 3.05) is 0 Å². The third kappa shape index (κ3) is 6.78. The van der Waals surface area contributed by atoms with Crippen LogP contribution in [0.25, 0.3) is 0 Å². The molecule has 0 saturated heterocycles. The van der Waals surface area contributed by atoms with Crippen molar-refractivity contribution in [2.24, 2.45) is 5.92 Å². The molecule has 0 heterocycles. The van der Waals surface area contributed by atoms with Crippen molar-refractivity contribution in [3.8, 4) is 0 Å². The predicted octanol–water partition coefficient (Wildman–Crippen LogP) is 3.32. The van der Waals surface area contributed by atoms with Gasteiger partial charge >= 0.3 is 12.1 Å². The van der Waals surface area contributed by atoms with Crippen LogP contribution in [0.2, 0.25) is 0 Å². The van der Waals surface area contributed by atoms with Crippen molar-refractivity contribution >= 4 is 12.1 Å². The summed E-state index contributed by atoms with van der Waals surface area (Å²) in [5.41, 5.74) is -0.616. The van der Waals surface area contributed by atoms with Gasteiger partial charge in [0.2, 0.25) is 0 Å². The normalized spacial score (nSPS) is 18.9. The van der Waals surface area contributed by atoms with Gasteiger partial charge < -0.3 is 15.2 Å². The number of carbonyl (C=O) groups excluding carboxylic acids is 1. The van der Waals surface area contributed by atoms with Crippen molar-refractivity contribution < 1.29 is 19.4 Å². The molecular formula is C15H27NO4. The summed E-state index contributed by atoms with van der Waals surface area (Å²) in [6.07, 6.45) is 6.72. The summed E-state index contributed by atoms with van der Waals surface area (Å²) in [7, 11) is 0. The molecule has 0 aromatic rings. The first-order valence-electron chi connectivity index (χ1n) is 7.50. The van der Waals surface area contributed by atoms with E-state index in [0.29, 0.717) is 12.3 Å². The van der Waals surface area contributed by atoms with Crippen LogP contribution < -0.4 is 5.32 Å². The third-order valence-electron chi connectivity index (χ3n) is 3.53. The first-order chi connectivity index (χ1) is 9.28. The van der Waals surface area contributed by atoms with E-state index in [1.165, 1.54) is 12.8 Å². The molecule has 0 aromatic carbocycles. The SMILES string of the molecule is CC(C)(C)OC(=O)N[C@H](CC1CCCCCC1)C(=O)O. The Balaban J connectivity index is 2.51. The molecule has 0 aliphatic heterocycles. The van der Waals surface area contributed by atoms with Gasteiger partial charge in [-0.05, 0) is 33.1 Å². The van der Waals surface area contributed by atoms with Crippen molar-refractivity contribution in [1.29, 1.82) is 0 Å². The number of carbonyl (C=O) groups is 2. The largest absolute Gasteiger partial charge is 0.480 e. The molecule has 0 bridgehead atoms. The Morgan fingerprint density at radius 1 is 1.20 bits per heavy atom. The third-order valence-corrected chi connectivity index (χ3v) is 3.53. The van der Waals surface area contributed by atoms with Gasteiger partial charge in [-0.25, -0.2) is 9.59 Å². The van der Waals surface area contributed by atoms with Crippen LogP contribution in [0, 0.1) is 5.92 Å². The van der Waals surface area contributed by atoms with Crippen molar-refractivity contribution in [1.82, 2.24) is 5.32 Å². The summed E-state index contributed by atoms with van der Waals surface area (Å²) in [6, 6.07) is -0.854. The summed E-state index contributed by atoms with van der Waals surface area (Å²) in [4.78, 5) is 23.0. The van der Waals surface area contributed by atoms with Gasteiger partial charge in [0.25, 0.3) is 0 Å². The lowest BCUT2D eigenvalue weighted by Crippen LogP contribution is -2.44. The van der Waals surface area contributed by atoms with Crippen molar-refractivity contribution in [3.05, 3.63) is 0 Å². The molecule has 1 fully saturated rings. The van der Waals surface area contributed by atoms with Crippen LogP contribution in [0.1, 0.15) is 65.7 Å². The zero-order valence-electron chi connectivity index (χ0n) is 12.8. The van der Waals surface area contributed by atoms with E-state index in [0.717, 1.165) is 25.7 Å². The Hall–Kier alpha value is -1.26. The van der Waals surface area contributed by atoms with Gasteiger partial charge in [0.05, 0.1) is 0 Å². The number of carboxylic acid groups (broad SMARTS) is 1. The van der Waals surface area contributed by atoms with Crippen molar-refractivity contribution in [3.63, 3.8) is 0 Å². The predicted molar refractivity (Wildman–Crippen MR) is 76.6 cm³/mol. The fourth-order valence-electron chi connectivity index (χ4n) is 2.60. The highest BCUT2D eigenvalue weighted by Gasteiger charge is 2.27. The molecular weight excluding hydrogens is 258 g/mol. The molecule has 1 aliphatic rings. The molecule has 0 radical (unpaired) electrons. The van der Waals surface area contributed by atoms with Crippen LogP contribution in [0.15, 0.2) is 0 Å². The second kappa shape index (κ2) is 7.50. The summed E-state index contributed by atoms with van der Waals surface area (Å²) >= 11 is 0. The van der Waals surface area contributed by atoms with Gasteiger partial charge in [0.1, 0.15) is 11.6 Å². The van der Waals surface area contributed by atoms with Gasteiger partial charge in [-0.3, -0.25) is 0 Å². The summed E-state index contributed by atoms with van der Waals surface area (Å²) in [5.74, 6) is -0.603. The maximum absolute atomic E-state index is 11.7. The second-order valence-electron chi connectivity index (χ2n) is 6.63. The minimum atomic E-state index is -0.986. The Morgan fingerprint density at radius 3 is 2.20 bits per heavy atom. The van der Waals surface area contributed by atoms with Crippen LogP contribution >= 0.6 is 0 Å². The molecule has 0 aromatic heterocycles. The van der Waals surface area contributed by atoms with Gasteiger partial charge in [-0.15, -0.1) is 0 Å². The van der Waals surface area contributed by atoms with Gasteiger partial charge in [0, 0.05) is 0 Å². The van der Waals surface area contributed by atoms with Crippen LogP contribution in [0.5, 0.6) is 0 Å². The Labute approximate surface area is 121 Å². The zero-order chi connectivity index (χ0) is 15.2. The van der Waals surface area contributed by atoms with E-state index in [2.05, 4.69) is 5.32 Å². The molecule has 0 unspecified atom stereocenters. The summed E-state index contributed by atoms with van der Waals surface area (Å²) < 4.78 is 5.12. The number of nitrogens with one attached hydrogen (secondary N) is 1. The molecule has 1 aliphatic carbocycles. The van der Waals surface area contributed by atoms with E-state index in [9.17, 15) is 14.7 Å². The summed E-state index contributed by atoms with van der Waals surface area (Å²) in [6.45, 7) is 5.27. The first kappa shape index (κ1) is 16.8. The van der Waals surface area contributed by atoms with E-state index in [1.54, 1.807) is 20.8 Å². The van der Waals surface area contributed by atoms with Crippen LogP contribution in [0.3, 0.4) is 0 Å². The Bertz CT molecular complexity index is 327. The fourth-order valence-corrected chi connectivity index (χ4v) is 2.60. The van der Waals surface area contributed by atoms with Gasteiger partial charge in [0.15, 0.2) is 0 Å². The fraction of sp³-hybridized carbons (Fsp3) is 0.867. The highest BCUT2D eigenvalue weighted by atomic mass is 16.6. The zero-order valence-corrected chi connectivity index (χ0v) is 12.8. The highest BCUT2D eigenvalue weighted by molar-refractivity contribution is 5.80. The molecule has 5 nitrogen and oxygen atoms in total. The number of alkyl carbamates (subject to hydrolysis) is 1. The minimum absolute atomic E-state index is 0.383. The molecule has 1 atom stereocenters. The van der Waals surface area contributed by atoms with E-state index in [4.69, 9.17) is 4.74 Å². The Kier molecular flexibility index (Phi) is 6.30. The quantitative estimate of drug-likeness (QED) is 0.777. The lowest BCUT2D eigenvalue weighted by atomic mass is 9.92. The van der Waals surface area contributed by atoms with Gasteiger partial charge in [-0.1, -0.05) is 38.5 Å². The van der Waals surface area contributed by atoms with Crippen molar-refractivity contribution in [2.45, 2.75) is 77.4 Å².